The van der Waals surface area contributed by atoms with Crippen LogP contribution in [-0.2, 0) is 0 Å². The monoisotopic (exact) mass is 294 g/mol. The van der Waals surface area contributed by atoms with Gasteiger partial charge >= 0.3 is 0 Å². The molecule has 0 aliphatic heterocycles. The van der Waals surface area contributed by atoms with Crippen LogP contribution in [0.25, 0.3) is 0 Å². The maximum absolute atomic E-state index is 3.87. The van der Waals surface area contributed by atoms with Crippen molar-refractivity contribution in [2.45, 2.75) is 78.1 Å². The van der Waals surface area contributed by atoms with Gasteiger partial charge in [0.05, 0.1) is 0 Å². The molecule has 0 spiro atoms. The smallest absolute Gasteiger partial charge is 0.00778 e. The molecule has 0 aromatic rings. The van der Waals surface area contributed by atoms with E-state index < -0.39 is 0 Å². The lowest BCUT2D eigenvalue weighted by Crippen LogP contribution is -2.03. The zero-order chi connectivity index (χ0) is 15.1. The van der Waals surface area contributed by atoms with Crippen LogP contribution in [0.15, 0.2) is 35.6 Å². The summed E-state index contributed by atoms with van der Waals surface area (Å²) in [5.41, 5.74) is 0. The van der Waals surface area contributed by atoms with Gasteiger partial charge in [-0.05, 0) is 29.1 Å². The van der Waals surface area contributed by atoms with Crippen LogP contribution in [0, 0.1) is 5.92 Å². The summed E-state index contributed by atoms with van der Waals surface area (Å²) in [6.45, 7) is 12.3. The number of hydrogen-bond acceptors (Lipinski definition) is 1. The molecule has 0 N–H and O–H groups in total. The second-order valence-corrected chi connectivity index (χ2v) is 6.53. The first-order chi connectivity index (χ1) is 9.79. The van der Waals surface area contributed by atoms with Gasteiger partial charge in [-0.2, -0.15) is 0 Å². The molecule has 0 atom stereocenters. The van der Waals surface area contributed by atoms with Crippen LogP contribution in [0.2, 0.25) is 0 Å². The van der Waals surface area contributed by atoms with Gasteiger partial charge in [-0.25, -0.2) is 0 Å². The largest absolute Gasteiger partial charge is 0.103 e. The van der Waals surface area contributed by atoms with E-state index in [0.29, 0.717) is 5.92 Å². The normalized spacial score (nSPS) is 11.8. The summed E-state index contributed by atoms with van der Waals surface area (Å²) in [6, 6.07) is 0. The number of rotatable bonds is 14. The van der Waals surface area contributed by atoms with E-state index in [1.165, 1.54) is 69.1 Å². The van der Waals surface area contributed by atoms with E-state index in [9.17, 15) is 0 Å². The van der Waals surface area contributed by atoms with Gasteiger partial charge in [-0.15, -0.1) is 11.8 Å². The molecule has 20 heavy (non-hydrogen) atoms. The van der Waals surface area contributed by atoms with Crippen molar-refractivity contribution >= 4 is 11.8 Å². The Kier molecular flexibility index (Phi) is 14.6. The van der Waals surface area contributed by atoms with E-state index in [0.717, 1.165) is 0 Å². The molecule has 0 fully saturated rings. The van der Waals surface area contributed by atoms with Crippen LogP contribution in [0.4, 0.5) is 0 Å². The van der Waals surface area contributed by atoms with Crippen LogP contribution >= 0.6 is 11.8 Å². The average Bonchev–Trinajstić information content (AvgIpc) is 2.45. The summed E-state index contributed by atoms with van der Waals surface area (Å²) >= 11 is 1.79. The minimum absolute atomic E-state index is 0.713. The van der Waals surface area contributed by atoms with Gasteiger partial charge in [0, 0.05) is 0 Å². The maximum Gasteiger partial charge on any atom is -0.00778 e. The van der Waals surface area contributed by atoms with Gasteiger partial charge in [0.1, 0.15) is 0 Å². The summed E-state index contributed by atoms with van der Waals surface area (Å²) in [5, 5.41) is 1.96. The van der Waals surface area contributed by atoms with Crippen molar-refractivity contribution in [3.8, 4) is 0 Å². The summed E-state index contributed by atoms with van der Waals surface area (Å²) < 4.78 is 0. The number of hydrogen-bond donors (Lipinski definition) is 0. The van der Waals surface area contributed by atoms with E-state index in [1.807, 2.05) is 11.5 Å². The molecule has 0 bridgehead atoms. The van der Waals surface area contributed by atoms with Gasteiger partial charge < -0.3 is 0 Å². The standard InChI is InChI=1S/C19H34S/c1-5-9-11-13-16-18(17-14-12-10-6-2)19(15-7-3)20-8-4/h7-8,15,18H,3-6,9-14,16-17H2,1-2H3/b19-15-. The zero-order valence-corrected chi connectivity index (χ0v) is 14.5. The molecule has 1 heteroatoms. The first kappa shape index (κ1) is 19.6. The van der Waals surface area contributed by atoms with Crippen molar-refractivity contribution < 1.29 is 0 Å². The molecule has 0 heterocycles. The van der Waals surface area contributed by atoms with Crippen molar-refractivity contribution in [2.24, 2.45) is 5.92 Å². The molecular formula is C19H34S. The fourth-order valence-corrected chi connectivity index (χ4v) is 3.34. The summed E-state index contributed by atoms with van der Waals surface area (Å²) in [4.78, 5) is 1.46. The highest BCUT2D eigenvalue weighted by atomic mass is 32.2. The number of unbranched alkanes of at least 4 members (excludes halogenated alkanes) is 6. The van der Waals surface area contributed by atoms with Crippen molar-refractivity contribution in [1.82, 2.24) is 0 Å². The highest BCUT2D eigenvalue weighted by Crippen LogP contribution is 2.33. The second kappa shape index (κ2) is 15.0. The van der Waals surface area contributed by atoms with E-state index in [-0.39, 0.29) is 0 Å². The van der Waals surface area contributed by atoms with Crippen LogP contribution in [0.5, 0.6) is 0 Å². The third-order valence-electron chi connectivity index (χ3n) is 3.72. The van der Waals surface area contributed by atoms with E-state index in [1.54, 1.807) is 11.8 Å². The fourth-order valence-electron chi connectivity index (χ4n) is 2.55. The van der Waals surface area contributed by atoms with Gasteiger partial charge in [-0.1, -0.05) is 90.5 Å². The third kappa shape index (κ3) is 10.4. The Morgan fingerprint density at radius 1 is 0.900 bits per heavy atom. The van der Waals surface area contributed by atoms with Crippen molar-refractivity contribution in [3.05, 3.63) is 35.6 Å². The molecule has 0 aromatic carbocycles. The lowest BCUT2D eigenvalue weighted by molar-refractivity contribution is 0.468. The minimum Gasteiger partial charge on any atom is -0.103 e. The quantitative estimate of drug-likeness (QED) is 0.236. The predicted molar refractivity (Wildman–Crippen MR) is 97.1 cm³/mol. The molecule has 0 nitrogen and oxygen atoms in total. The minimum atomic E-state index is 0.713. The molecule has 0 aromatic heterocycles. The first-order valence-electron chi connectivity index (χ1n) is 8.40. The highest BCUT2D eigenvalue weighted by molar-refractivity contribution is 8.05. The molecule has 0 radical (unpaired) electrons. The number of allylic oxidation sites excluding steroid dienone is 3. The Morgan fingerprint density at radius 3 is 1.85 bits per heavy atom. The van der Waals surface area contributed by atoms with Crippen molar-refractivity contribution in [3.63, 3.8) is 0 Å². The Hall–Kier alpha value is -0.430. The van der Waals surface area contributed by atoms with Crippen LogP contribution in [0.1, 0.15) is 78.1 Å². The Morgan fingerprint density at radius 2 is 1.45 bits per heavy atom. The second-order valence-electron chi connectivity index (χ2n) is 5.48. The van der Waals surface area contributed by atoms with E-state index >= 15 is 0 Å². The average molecular weight is 295 g/mol. The van der Waals surface area contributed by atoms with Gasteiger partial charge in [0.25, 0.3) is 0 Å². The molecule has 0 saturated heterocycles. The highest BCUT2D eigenvalue weighted by Gasteiger charge is 2.13. The Balaban J connectivity index is 4.36. The topological polar surface area (TPSA) is 0 Å². The van der Waals surface area contributed by atoms with E-state index in [4.69, 9.17) is 0 Å². The molecular weight excluding hydrogens is 260 g/mol. The summed E-state index contributed by atoms with van der Waals surface area (Å²) in [7, 11) is 0. The molecule has 0 unspecified atom stereocenters. The maximum atomic E-state index is 3.87. The van der Waals surface area contributed by atoms with Crippen molar-refractivity contribution in [2.75, 3.05) is 0 Å². The lowest BCUT2D eigenvalue weighted by atomic mass is 9.93. The van der Waals surface area contributed by atoms with Gasteiger partial charge in [-0.3, -0.25) is 0 Å². The molecule has 116 valence electrons. The van der Waals surface area contributed by atoms with Crippen LogP contribution in [0.3, 0.4) is 0 Å². The molecule has 0 amide bonds. The SMILES string of the molecule is C=C/C=C(\SC=C)C(CCCCCC)CCCCCC. The van der Waals surface area contributed by atoms with Gasteiger partial charge in [0.15, 0.2) is 0 Å². The van der Waals surface area contributed by atoms with E-state index in [2.05, 4.69) is 33.1 Å². The summed E-state index contributed by atoms with van der Waals surface area (Å²) in [6.07, 6.45) is 17.6. The number of thioether (sulfide) groups is 1. The van der Waals surface area contributed by atoms with Gasteiger partial charge in [0.2, 0.25) is 0 Å². The molecule has 0 rings (SSSR count). The Labute approximate surface area is 131 Å². The third-order valence-corrected chi connectivity index (χ3v) is 4.62. The predicted octanol–water partition coefficient (Wildman–Crippen LogP) is 7.49. The summed E-state index contributed by atoms with van der Waals surface area (Å²) in [5.74, 6) is 0.713. The van der Waals surface area contributed by atoms with Crippen LogP contribution < -0.4 is 0 Å². The Bertz CT molecular complexity index is 253. The lowest BCUT2D eigenvalue weighted by Gasteiger charge is -2.19. The fraction of sp³-hybridized carbons (Fsp3) is 0.684. The zero-order valence-electron chi connectivity index (χ0n) is 13.7. The first-order valence-corrected chi connectivity index (χ1v) is 9.28. The molecule has 0 aliphatic rings. The van der Waals surface area contributed by atoms with Crippen molar-refractivity contribution in [1.29, 1.82) is 0 Å². The molecule has 0 saturated carbocycles. The van der Waals surface area contributed by atoms with Crippen LogP contribution in [-0.4, -0.2) is 0 Å². The molecule has 0 aliphatic carbocycles.